The summed E-state index contributed by atoms with van der Waals surface area (Å²) in [4.78, 5) is 26.6. The van der Waals surface area contributed by atoms with Crippen molar-refractivity contribution in [1.29, 1.82) is 0 Å². The van der Waals surface area contributed by atoms with Gasteiger partial charge < -0.3 is 10.8 Å². The van der Waals surface area contributed by atoms with E-state index in [2.05, 4.69) is 6.07 Å². The highest BCUT2D eigenvalue weighted by Gasteiger charge is 2.30. The Morgan fingerprint density at radius 2 is 2.04 bits per heavy atom. The zero-order valence-corrected chi connectivity index (χ0v) is 16.6. The van der Waals surface area contributed by atoms with Crippen molar-refractivity contribution in [2.24, 2.45) is 5.73 Å². The largest absolute Gasteiger partial charge is 0.477 e. The molecule has 3 aromatic heterocycles. The molecular formula is C21H19ClN2O3S. The van der Waals surface area contributed by atoms with Gasteiger partial charge in [-0.2, -0.15) is 0 Å². The van der Waals surface area contributed by atoms with Crippen LogP contribution in [0.2, 0.25) is 5.02 Å². The van der Waals surface area contributed by atoms with Crippen molar-refractivity contribution >= 4 is 34.4 Å². The summed E-state index contributed by atoms with van der Waals surface area (Å²) >= 11 is 8.54. The molecule has 28 heavy (non-hydrogen) atoms. The van der Waals surface area contributed by atoms with Crippen molar-refractivity contribution in [2.75, 3.05) is 0 Å². The van der Waals surface area contributed by atoms with Gasteiger partial charge in [-0.3, -0.25) is 9.20 Å². The second-order valence-corrected chi connectivity index (χ2v) is 9.16. The van der Waals surface area contributed by atoms with Crippen LogP contribution in [0.5, 0.6) is 0 Å². The minimum absolute atomic E-state index is 0.0655. The van der Waals surface area contributed by atoms with Crippen LogP contribution in [0.3, 0.4) is 0 Å². The molecule has 0 amide bonds. The Balaban J connectivity index is 1.76. The van der Waals surface area contributed by atoms with E-state index in [1.807, 2.05) is 6.07 Å². The summed E-state index contributed by atoms with van der Waals surface area (Å²) in [6.07, 6.45) is 6.74. The van der Waals surface area contributed by atoms with Crippen molar-refractivity contribution < 1.29 is 9.90 Å². The molecule has 7 heteroatoms. The summed E-state index contributed by atoms with van der Waals surface area (Å²) in [6, 6.07) is 5.52. The highest BCUT2D eigenvalue weighted by atomic mass is 35.5. The predicted molar refractivity (Wildman–Crippen MR) is 111 cm³/mol. The van der Waals surface area contributed by atoms with Crippen molar-refractivity contribution in [2.45, 2.75) is 44.1 Å². The maximum absolute atomic E-state index is 12.7. The molecule has 3 N–H and O–H groups in total. The van der Waals surface area contributed by atoms with Gasteiger partial charge in [0.1, 0.15) is 5.56 Å². The summed E-state index contributed by atoms with van der Waals surface area (Å²) in [5.41, 5.74) is 9.07. The Hall–Kier alpha value is -2.15. The van der Waals surface area contributed by atoms with E-state index in [1.165, 1.54) is 20.9 Å². The first-order valence-corrected chi connectivity index (χ1v) is 10.6. The number of halogens is 1. The third kappa shape index (κ3) is 2.70. The Morgan fingerprint density at radius 3 is 2.71 bits per heavy atom. The highest BCUT2D eigenvalue weighted by molar-refractivity contribution is 7.15. The van der Waals surface area contributed by atoms with Gasteiger partial charge in [-0.25, -0.2) is 4.79 Å². The first-order chi connectivity index (χ1) is 13.5. The molecule has 5 rings (SSSR count). The number of rotatable bonds is 3. The standard InChI is InChI=1S/C21H19ClN2O3S/c22-18-11(17-9-13-15(23)2-1-3-16(13)28-17)6-7-24-19(18)12(10-4-5-10)8-14(20(24)25)21(26)27/h6-10,15H,1-5,23H2,(H,26,27). The van der Waals surface area contributed by atoms with Gasteiger partial charge in [0.15, 0.2) is 0 Å². The van der Waals surface area contributed by atoms with Crippen molar-refractivity contribution in [3.8, 4) is 10.4 Å². The first kappa shape index (κ1) is 17.9. The van der Waals surface area contributed by atoms with E-state index in [0.29, 0.717) is 10.5 Å². The van der Waals surface area contributed by atoms with Crippen LogP contribution < -0.4 is 11.3 Å². The molecule has 1 atom stereocenters. The molecule has 0 aromatic carbocycles. The lowest BCUT2D eigenvalue weighted by atomic mass is 9.94. The molecule has 0 spiro atoms. The van der Waals surface area contributed by atoms with Gasteiger partial charge in [0.2, 0.25) is 0 Å². The Labute approximate surface area is 170 Å². The summed E-state index contributed by atoms with van der Waals surface area (Å²) in [6.45, 7) is 0. The average Bonchev–Trinajstić information content (AvgIpc) is 3.41. The zero-order chi connectivity index (χ0) is 19.6. The number of thiophene rings is 1. The molecule has 1 fully saturated rings. The SMILES string of the molecule is NC1CCCc2sc(-c3ccn4c(=O)c(C(=O)O)cc(C5CC5)c4c3Cl)cc21. The molecule has 0 radical (unpaired) electrons. The van der Waals surface area contributed by atoms with Crippen LogP contribution in [-0.4, -0.2) is 15.5 Å². The topological polar surface area (TPSA) is 84.8 Å². The molecule has 2 aliphatic rings. The number of fused-ring (bicyclic) bond motifs is 2. The normalized spacial score (nSPS) is 19.0. The lowest BCUT2D eigenvalue weighted by molar-refractivity contribution is 0.0694. The lowest BCUT2D eigenvalue weighted by Gasteiger charge is -2.17. The van der Waals surface area contributed by atoms with E-state index in [-0.39, 0.29) is 17.5 Å². The van der Waals surface area contributed by atoms with Gasteiger partial charge >= 0.3 is 5.97 Å². The zero-order valence-electron chi connectivity index (χ0n) is 15.1. The summed E-state index contributed by atoms with van der Waals surface area (Å²) in [7, 11) is 0. The Morgan fingerprint density at radius 1 is 1.25 bits per heavy atom. The van der Waals surface area contributed by atoms with E-state index in [1.54, 1.807) is 17.5 Å². The van der Waals surface area contributed by atoms with Crippen LogP contribution in [0, 0.1) is 0 Å². The summed E-state index contributed by atoms with van der Waals surface area (Å²) in [5, 5.41) is 9.92. The highest BCUT2D eigenvalue weighted by Crippen LogP contribution is 2.46. The quantitative estimate of drug-likeness (QED) is 0.656. The molecule has 2 aliphatic carbocycles. The molecule has 0 bridgehead atoms. The maximum Gasteiger partial charge on any atom is 0.341 e. The number of aryl methyl sites for hydroxylation is 1. The van der Waals surface area contributed by atoms with Crippen molar-refractivity contribution in [1.82, 2.24) is 4.40 Å². The third-order valence-corrected chi connectivity index (χ3v) is 7.40. The fraction of sp³-hybridized carbons (Fsp3) is 0.333. The van der Waals surface area contributed by atoms with Crippen molar-refractivity contribution in [3.05, 3.63) is 61.3 Å². The number of carbonyl (C=O) groups is 1. The molecule has 0 aliphatic heterocycles. The number of aromatic carboxylic acids is 1. The number of nitrogens with two attached hydrogens (primary N) is 1. The van der Waals surface area contributed by atoms with E-state index >= 15 is 0 Å². The molecule has 1 saturated carbocycles. The third-order valence-electron chi connectivity index (χ3n) is 5.77. The fourth-order valence-electron chi connectivity index (χ4n) is 4.15. The molecule has 1 unspecified atom stereocenters. The monoisotopic (exact) mass is 414 g/mol. The smallest absolute Gasteiger partial charge is 0.341 e. The van der Waals surface area contributed by atoms with E-state index in [0.717, 1.165) is 48.1 Å². The number of pyridine rings is 2. The Kier molecular flexibility index (Phi) is 4.12. The molecule has 144 valence electrons. The summed E-state index contributed by atoms with van der Waals surface area (Å²) in [5.74, 6) is -0.951. The molecule has 3 aromatic rings. The van der Waals surface area contributed by atoms with Gasteiger partial charge in [0, 0.05) is 27.6 Å². The van der Waals surface area contributed by atoms with Crippen LogP contribution in [0.4, 0.5) is 0 Å². The molecule has 5 nitrogen and oxygen atoms in total. The number of carboxylic acid groups (broad SMARTS) is 1. The number of hydrogen-bond donors (Lipinski definition) is 2. The fourth-order valence-corrected chi connectivity index (χ4v) is 5.88. The second kappa shape index (κ2) is 6.44. The second-order valence-electron chi connectivity index (χ2n) is 7.65. The van der Waals surface area contributed by atoms with Gasteiger partial charge in [-0.1, -0.05) is 11.6 Å². The minimum Gasteiger partial charge on any atom is -0.477 e. The first-order valence-electron chi connectivity index (χ1n) is 9.45. The van der Waals surface area contributed by atoms with Gasteiger partial charge in [-0.15, -0.1) is 11.3 Å². The predicted octanol–water partition coefficient (Wildman–Crippen LogP) is 4.59. The molecule has 3 heterocycles. The minimum atomic E-state index is -1.21. The van der Waals surface area contributed by atoms with Gasteiger partial charge in [0.05, 0.1) is 10.5 Å². The average molecular weight is 415 g/mol. The number of hydrogen-bond acceptors (Lipinski definition) is 4. The molecule has 0 saturated heterocycles. The number of carboxylic acids is 1. The van der Waals surface area contributed by atoms with Crippen LogP contribution in [-0.2, 0) is 6.42 Å². The maximum atomic E-state index is 12.7. The van der Waals surface area contributed by atoms with Crippen LogP contribution in [0.1, 0.15) is 64.0 Å². The van der Waals surface area contributed by atoms with E-state index in [4.69, 9.17) is 17.3 Å². The number of aromatic nitrogens is 1. The van der Waals surface area contributed by atoms with Crippen LogP contribution in [0.15, 0.2) is 29.2 Å². The van der Waals surface area contributed by atoms with Gasteiger partial charge in [0.25, 0.3) is 5.56 Å². The van der Waals surface area contributed by atoms with E-state index < -0.39 is 11.5 Å². The molecular weight excluding hydrogens is 396 g/mol. The Bertz CT molecular complexity index is 1190. The lowest BCUT2D eigenvalue weighted by Crippen LogP contribution is -2.23. The van der Waals surface area contributed by atoms with Crippen LogP contribution in [0.25, 0.3) is 16.0 Å². The van der Waals surface area contributed by atoms with Crippen LogP contribution >= 0.6 is 22.9 Å². The number of nitrogens with zero attached hydrogens (tertiary/aromatic N) is 1. The van der Waals surface area contributed by atoms with Gasteiger partial charge in [-0.05, 0) is 67.3 Å². The van der Waals surface area contributed by atoms with Crippen molar-refractivity contribution in [3.63, 3.8) is 0 Å². The summed E-state index contributed by atoms with van der Waals surface area (Å²) < 4.78 is 1.39. The van der Waals surface area contributed by atoms with E-state index in [9.17, 15) is 14.7 Å².